The van der Waals surface area contributed by atoms with Crippen LogP contribution in [0.5, 0.6) is 0 Å². The van der Waals surface area contributed by atoms with E-state index in [2.05, 4.69) is 9.97 Å². The molecule has 7 heteroatoms. The van der Waals surface area contributed by atoms with Gasteiger partial charge in [-0.3, -0.25) is 10.1 Å². The lowest BCUT2D eigenvalue weighted by atomic mass is 10.1. The molecule has 0 saturated carbocycles. The number of para-hydroxylation sites is 1. The largest absolute Gasteiger partial charge is 0.280 e. The molecule has 5 nitrogen and oxygen atoms in total. The van der Waals surface area contributed by atoms with Crippen molar-refractivity contribution in [2.75, 3.05) is 0 Å². The van der Waals surface area contributed by atoms with E-state index in [0.29, 0.717) is 17.5 Å². The van der Waals surface area contributed by atoms with Crippen LogP contribution < -0.4 is 0 Å². The van der Waals surface area contributed by atoms with Crippen LogP contribution >= 0.6 is 23.2 Å². The summed E-state index contributed by atoms with van der Waals surface area (Å²) in [4.78, 5) is 18.8. The molecular weight excluding hydrogens is 301 g/mol. The minimum absolute atomic E-state index is 0.0807. The van der Waals surface area contributed by atoms with Crippen LogP contribution in [0.15, 0.2) is 24.3 Å². The van der Waals surface area contributed by atoms with E-state index in [4.69, 9.17) is 23.2 Å². The summed E-state index contributed by atoms with van der Waals surface area (Å²) in [5.41, 5.74) is 0.880. The van der Waals surface area contributed by atoms with Crippen molar-refractivity contribution < 1.29 is 4.92 Å². The second-order valence-electron chi connectivity index (χ2n) is 4.13. The van der Waals surface area contributed by atoms with Crippen LogP contribution in [-0.4, -0.2) is 14.9 Å². The number of halogens is 2. The van der Waals surface area contributed by atoms with Gasteiger partial charge in [0, 0.05) is 11.6 Å². The highest BCUT2D eigenvalue weighted by Crippen LogP contribution is 2.31. The quantitative estimate of drug-likeness (QED) is 0.479. The summed E-state index contributed by atoms with van der Waals surface area (Å²) in [5, 5.41) is 11.5. The molecule has 0 bridgehead atoms. The summed E-state index contributed by atoms with van der Waals surface area (Å²) in [6.45, 7) is 1.99. The van der Waals surface area contributed by atoms with Crippen molar-refractivity contribution >= 4 is 28.9 Å². The average Bonchev–Trinajstić information content (AvgIpc) is 2.42. The van der Waals surface area contributed by atoms with Crippen molar-refractivity contribution in [1.82, 2.24) is 9.97 Å². The van der Waals surface area contributed by atoms with Gasteiger partial charge in [0.15, 0.2) is 5.82 Å². The summed E-state index contributed by atoms with van der Waals surface area (Å²) in [6.07, 6.45) is 1.52. The Balaban J connectivity index is 2.57. The maximum atomic E-state index is 11.0. The zero-order valence-electron chi connectivity index (χ0n) is 10.6. The van der Waals surface area contributed by atoms with Gasteiger partial charge >= 0.3 is 0 Å². The van der Waals surface area contributed by atoms with E-state index in [9.17, 15) is 10.1 Å². The van der Waals surface area contributed by atoms with Crippen molar-refractivity contribution in [3.05, 3.63) is 50.2 Å². The number of nitrogens with zero attached hydrogens (tertiary/aromatic N) is 3. The highest BCUT2D eigenvalue weighted by molar-refractivity contribution is 6.34. The fourth-order valence-electron chi connectivity index (χ4n) is 1.83. The molecule has 0 aliphatic carbocycles. The molecule has 0 saturated heterocycles. The fraction of sp³-hybridized carbons (Fsp3) is 0.231. The second kappa shape index (κ2) is 6.15. The molecule has 0 atom stereocenters. The molecule has 0 aliphatic heterocycles. The lowest BCUT2D eigenvalue weighted by molar-refractivity contribution is -0.384. The summed E-state index contributed by atoms with van der Waals surface area (Å²) in [6, 6.07) is 6.21. The summed E-state index contributed by atoms with van der Waals surface area (Å²) in [7, 11) is 0. The molecule has 0 spiro atoms. The molecule has 104 valence electrons. The Hall–Kier alpha value is -1.72. The lowest BCUT2D eigenvalue weighted by Gasteiger charge is -2.07. The third kappa shape index (κ3) is 2.89. The first-order valence-corrected chi connectivity index (χ1v) is 6.76. The van der Waals surface area contributed by atoms with Gasteiger partial charge in [-0.1, -0.05) is 48.7 Å². The summed E-state index contributed by atoms with van der Waals surface area (Å²) < 4.78 is 0. The fourth-order valence-corrected chi connectivity index (χ4v) is 2.41. The van der Waals surface area contributed by atoms with Crippen LogP contribution in [0, 0.1) is 10.1 Å². The Morgan fingerprint density at radius 1 is 1.20 bits per heavy atom. The zero-order valence-corrected chi connectivity index (χ0v) is 12.1. The number of benzene rings is 1. The molecule has 20 heavy (non-hydrogen) atoms. The molecular formula is C13H11Cl2N3O2. The van der Waals surface area contributed by atoms with Crippen LogP contribution in [0.25, 0.3) is 11.4 Å². The van der Waals surface area contributed by atoms with E-state index in [1.54, 1.807) is 18.2 Å². The van der Waals surface area contributed by atoms with Crippen LogP contribution in [0.2, 0.25) is 10.3 Å². The molecule has 1 aromatic carbocycles. The smallest absolute Gasteiger partial charge is 0.258 e. The van der Waals surface area contributed by atoms with Gasteiger partial charge in [0.2, 0.25) is 0 Å². The topological polar surface area (TPSA) is 68.9 Å². The molecule has 2 rings (SSSR count). The van der Waals surface area contributed by atoms with Crippen molar-refractivity contribution in [1.29, 1.82) is 0 Å². The first kappa shape index (κ1) is 14.7. The monoisotopic (exact) mass is 311 g/mol. The maximum Gasteiger partial charge on any atom is 0.280 e. The third-order valence-corrected chi connectivity index (χ3v) is 3.37. The molecule has 0 unspecified atom stereocenters. The second-order valence-corrected chi connectivity index (χ2v) is 4.85. The van der Waals surface area contributed by atoms with E-state index < -0.39 is 4.92 Å². The van der Waals surface area contributed by atoms with Crippen LogP contribution in [0.3, 0.4) is 0 Å². The normalized spacial score (nSPS) is 10.6. The van der Waals surface area contributed by atoms with Crippen molar-refractivity contribution in [3.63, 3.8) is 0 Å². The summed E-state index contributed by atoms with van der Waals surface area (Å²) in [5.74, 6) is 0.159. The van der Waals surface area contributed by atoms with Gasteiger partial charge in [-0.2, -0.15) is 0 Å². The number of hydrogen-bond donors (Lipinski definition) is 0. The third-order valence-electron chi connectivity index (χ3n) is 2.75. The lowest BCUT2D eigenvalue weighted by Crippen LogP contribution is -2.00. The number of nitro groups is 1. The number of nitro benzene ring substituents is 1. The number of aromatic nitrogens is 2. The van der Waals surface area contributed by atoms with Crippen LogP contribution in [-0.2, 0) is 6.42 Å². The van der Waals surface area contributed by atoms with Gasteiger partial charge < -0.3 is 0 Å². The Labute approximate surface area is 125 Å². The number of rotatable bonds is 4. The Bertz CT molecular complexity index is 639. The predicted octanol–water partition coefficient (Wildman–Crippen LogP) is 4.31. The maximum absolute atomic E-state index is 11.0. The molecule has 1 heterocycles. The van der Waals surface area contributed by atoms with E-state index in [1.165, 1.54) is 6.07 Å². The molecule has 1 aromatic heterocycles. The van der Waals surface area contributed by atoms with Crippen molar-refractivity contribution in [3.8, 4) is 11.4 Å². The van der Waals surface area contributed by atoms with Gasteiger partial charge in [0.1, 0.15) is 10.3 Å². The van der Waals surface area contributed by atoms with Crippen LogP contribution in [0.4, 0.5) is 5.69 Å². The average molecular weight is 312 g/mol. The standard InChI is InChI=1S/C13H11Cl2N3O2/c1-2-5-9-11(14)16-13(17-12(9)15)8-6-3-4-7-10(8)18(19)20/h3-4,6-7H,2,5H2,1H3. The van der Waals surface area contributed by atoms with E-state index in [1.807, 2.05) is 6.92 Å². The zero-order chi connectivity index (χ0) is 14.7. The SMILES string of the molecule is CCCc1c(Cl)nc(-c2ccccc2[N+](=O)[O-])nc1Cl. The van der Waals surface area contributed by atoms with Crippen molar-refractivity contribution in [2.45, 2.75) is 19.8 Å². The van der Waals surface area contributed by atoms with E-state index >= 15 is 0 Å². The van der Waals surface area contributed by atoms with E-state index in [0.717, 1.165) is 6.42 Å². The Kier molecular flexibility index (Phi) is 4.52. The van der Waals surface area contributed by atoms with Crippen LogP contribution in [0.1, 0.15) is 18.9 Å². The molecule has 0 N–H and O–H groups in total. The first-order chi connectivity index (χ1) is 9.54. The number of hydrogen-bond acceptors (Lipinski definition) is 4. The van der Waals surface area contributed by atoms with Gasteiger partial charge in [-0.25, -0.2) is 9.97 Å². The highest BCUT2D eigenvalue weighted by Gasteiger charge is 2.19. The van der Waals surface area contributed by atoms with Gasteiger partial charge in [0.25, 0.3) is 5.69 Å². The molecule has 2 aromatic rings. The molecule has 0 aliphatic rings. The van der Waals surface area contributed by atoms with Gasteiger partial charge in [-0.05, 0) is 12.5 Å². The van der Waals surface area contributed by atoms with E-state index in [-0.39, 0.29) is 21.8 Å². The highest BCUT2D eigenvalue weighted by atomic mass is 35.5. The Morgan fingerprint density at radius 3 is 2.35 bits per heavy atom. The minimum Gasteiger partial charge on any atom is -0.258 e. The molecule has 0 radical (unpaired) electrons. The molecule has 0 amide bonds. The first-order valence-electron chi connectivity index (χ1n) is 6.00. The Morgan fingerprint density at radius 2 is 1.80 bits per heavy atom. The van der Waals surface area contributed by atoms with Crippen molar-refractivity contribution in [2.24, 2.45) is 0 Å². The molecule has 0 fully saturated rings. The van der Waals surface area contributed by atoms with Gasteiger partial charge in [0.05, 0.1) is 10.5 Å². The minimum atomic E-state index is -0.486. The summed E-state index contributed by atoms with van der Waals surface area (Å²) >= 11 is 12.2. The predicted molar refractivity (Wildman–Crippen MR) is 78.1 cm³/mol. The van der Waals surface area contributed by atoms with Gasteiger partial charge in [-0.15, -0.1) is 0 Å².